The molecule has 0 fully saturated rings. The van der Waals surface area contributed by atoms with E-state index in [0.29, 0.717) is 35.3 Å². The third-order valence-corrected chi connectivity index (χ3v) is 5.05. The van der Waals surface area contributed by atoms with E-state index < -0.39 is 0 Å². The normalized spacial score (nSPS) is 10.8. The highest BCUT2D eigenvalue weighted by atomic mass is 79.9. The summed E-state index contributed by atoms with van der Waals surface area (Å²) in [5.74, 6) is 0.787. The van der Waals surface area contributed by atoms with Gasteiger partial charge in [-0.25, -0.2) is 5.43 Å². The van der Waals surface area contributed by atoms with E-state index in [0.717, 1.165) is 15.6 Å². The fourth-order valence-electron chi connectivity index (χ4n) is 2.80. The Morgan fingerprint density at radius 3 is 2.52 bits per heavy atom. The molecule has 5 nitrogen and oxygen atoms in total. The van der Waals surface area contributed by atoms with Crippen LogP contribution in [0.4, 0.5) is 0 Å². The number of halogens is 2. The maximum atomic E-state index is 12.1. The molecule has 1 amide bonds. The van der Waals surface area contributed by atoms with Crippen LogP contribution in [0.25, 0.3) is 0 Å². The third-order valence-electron chi connectivity index (χ3n) is 4.24. The van der Waals surface area contributed by atoms with Crippen molar-refractivity contribution in [3.63, 3.8) is 0 Å². The number of hydrogen-bond donors (Lipinski definition) is 1. The Balaban J connectivity index is 1.65. The highest BCUT2D eigenvalue weighted by Gasteiger charge is 2.12. The quantitative estimate of drug-likeness (QED) is 0.299. The van der Waals surface area contributed by atoms with Crippen molar-refractivity contribution in [1.29, 1.82) is 0 Å². The van der Waals surface area contributed by atoms with Gasteiger partial charge in [0, 0.05) is 4.47 Å². The van der Waals surface area contributed by atoms with Crippen molar-refractivity contribution in [2.45, 2.75) is 20.0 Å². The smallest absolute Gasteiger partial charge is 0.244 e. The highest BCUT2D eigenvalue weighted by Crippen LogP contribution is 2.37. The Morgan fingerprint density at radius 1 is 1.06 bits per heavy atom. The Hall–Kier alpha value is -2.83. The van der Waals surface area contributed by atoms with Gasteiger partial charge in [-0.3, -0.25) is 4.79 Å². The molecule has 0 radical (unpaired) electrons. The average molecular weight is 502 g/mol. The molecular formula is C24H22BrClN2O3. The van der Waals surface area contributed by atoms with Gasteiger partial charge in [-0.2, -0.15) is 5.10 Å². The van der Waals surface area contributed by atoms with Gasteiger partial charge in [0.2, 0.25) is 5.91 Å². The van der Waals surface area contributed by atoms with Crippen molar-refractivity contribution >= 4 is 39.7 Å². The van der Waals surface area contributed by atoms with Gasteiger partial charge in [-0.1, -0.05) is 70.0 Å². The van der Waals surface area contributed by atoms with Gasteiger partial charge in [0.1, 0.15) is 6.61 Å². The molecule has 1 N–H and O–H groups in total. The zero-order valence-corrected chi connectivity index (χ0v) is 19.3. The van der Waals surface area contributed by atoms with Crippen LogP contribution >= 0.6 is 27.5 Å². The lowest BCUT2D eigenvalue weighted by atomic mass is 10.1. The van der Waals surface area contributed by atoms with Crippen molar-refractivity contribution in [1.82, 2.24) is 5.43 Å². The zero-order valence-electron chi connectivity index (χ0n) is 17.0. The first-order chi connectivity index (χ1) is 15.0. The van der Waals surface area contributed by atoms with Crippen molar-refractivity contribution < 1.29 is 14.3 Å². The van der Waals surface area contributed by atoms with Gasteiger partial charge in [0.05, 0.1) is 24.3 Å². The minimum absolute atomic E-state index is 0.211. The van der Waals surface area contributed by atoms with Crippen LogP contribution in [0.1, 0.15) is 23.6 Å². The molecule has 0 bridgehead atoms. The Labute approximate surface area is 195 Å². The summed E-state index contributed by atoms with van der Waals surface area (Å²) in [5, 5.41) is 4.44. The predicted octanol–water partition coefficient (Wildman–Crippen LogP) is 5.77. The van der Waals surface area contributed by atoms with Crippen LogP contribution in [-0.2, 0) is 17.8 Å². The fourth-order valence-corrected chi connectivity index (χ4v) is 3.34. The van der Waals surface area contributed by atoms with Crippen LogP contribution in [-0.4, -0.2) is 18.7 Å². The largest absolute Gasteiger partial charge is 0.490 e. The predicted molar refractivity (Wildman–Crippen MR) is 127 cm³/mol. The molecule has 0 aliphatic carbocycles. The summed E-state index contributed by atoms with van der Waals surface area (Å²) in [4.78, 5) is 12.1. The Morgan fingerprint density at radius 2 is 1.81 bits per heavy atom. The molecule has 3 aromatic carbocycles. The molecule has 0 atom stereocenters. The van der Waals surface area contributed by atoms with E-state index in [4.69, 9.17) is 21.1 Å². The maximum Gasteiger partial charge on any atom is 0.244 e. The van der Waals surface area contributed by atoms with E-state index in [-0.39, 0.29) is 12.3 Å². The summed E-state index contributed by atoms with van der Waals surface area (Å²) in [5.41, 5.74) is 5.14. The second kappa shape index (κ2) is 11.5. The number of hydrogen-bond acceptors (Lipinski definition) is 4. The Kier molecular flexibility index (Phi) is 8.50. The number of ether oxygens (including phenoxy) is 2. The minimum atomic E-state index is -0.211. The molecule has 7 heteroatoms. The number of nitrogens with zero attached hydrogens (tertiary/aromatic N) is 1. The van der Waals surface area contributed by atoms with Crippen LogP contribution in [0, 0.1) is 0 Å². The highest BCUT2D eigenvalue weighted by molar-refractivity contribution is 9.10. The first kappa shape index (κ1) is 22.8. The van der Waals surface area contributed by atoms with E-state index in [1.807, 2.05) is 61.5 Å². The molecule has 0 saturated carbocycles. The van der Waals surface area contributed by atoms with Crippen molar-refractivity contribution in [3.8, 4) is 11.5 Å². The lowest BCUT2D eigenvalue weighted by Crippen LogP contribution is -2.19. The first-order valence-electron chi connectivity index (χ1n) is 9.74. The molecule has 0 unspecified atom stereocenters. The molecule has 31 heavy (non-hydrogen) atoms. The Bertz CT molecular complexity index is 1040. The molecule has 160 valence electrons. The van der Waals surface area contributed by atoms with Crippen molar-refractivity contribution in [2.75, 3.05) is 6.61 Å². The summed E-state index contributed by atoms with van der Waals surface area (Å²) in [6.45, 7) is 2.72. The molecule has 3 rings (SSSR count). The summed E-state index contributed by atoms with van der Waals surface area (Å²) in [6, 6.07) is 20.9. The number of nitrogens with one attached hydrogen (secondary N) is 1. The standard InChI is InChI=1S/C24H22BrClN2O3/c1-2-30-22-13-19(12-21(26)24(22)31-16-18-6-4-3-5-7-18)15-27-28-23(29)14-17-8-10-20(25)11-9-17/h3-13,15H,2,14,16H2,1H3,(H,28,29)/b27-15-. The number of carbonyl (C=O) groups excluding carboxylic acids is 1. The van der Waals surface area contributed by atoms with Crippen LogP contribution in [0.3, 0.4) is 0 Å². The van der Waals surface area contributed by atoms with E-state index in [9.17, 15) is 4.79 Å². The zero-order chi connectivity index (χ0) is 22.1. The molecule has 0 aliphatic heterocycles. The minimum Gasteiger partial charge on any atom is -0.490 e. The van der Waals surface area contributed by atoms with Gasteiger partial charge in [-0.15, -0.1) is 0 Å². The van der Waals surface area contributed by atoms with Gasteiger partial charge < -0.3 is 9.47 Å². The molecule has 0 saturated heterocycles. The van der Waals surface area contributed by atoms with Crippen molar-refractivity contribution in [3.05, 3.63) is 92.9 Å². The molecule has 0 aliphatic rings. The monoisotopic (exact) mass is 500 g/mol. The first-order valence-corrected chi connectivity index (χ1v) is 10.9. The van der Waals surface area contributed by atoms with Gasteiger partial charge >= 0.3 is 0 Å². The van der Waals surface area contributed by atoms with Crippen LogP contribution in [0.5, 0.6) is 11.5 Å². The van der Waals surface area contributed by atoms with Gasteiger partial charge in [0.15, 0.2) is 11.5 Å². The van der Waals surface area contributed by atoms with Crippen LogP contribution in [0.15, 0.2) is 76.3 Å². The number of amides is 1. The SMILES string of the molecule is CCOc1cc(/C=N\NC(=O)Cc2ccc(Br)cc2)cc(Cl)c1OCc1ccccc1. The molecule has 0 spiro atoms. The molecule has 0 aromatic heterocycles. The molecule has 0 heterocycles. The summed E-state index contributed by atoms with van der Waals surface area (Å²) >= 11 is 9.81. The van der Waals surface area contributed by atoms with Crippen LogP contribution < -0.4 is 14.9 Å². The van der Waals surface area contributed by atoms with E-state index in [1.165, 1.54) is 6.21 Å². The average Bonchev–Trinajstić information content (AvgIpc) is 2.76. The van der Waals surface area contributed by atoms with Gasteiger partial charge in [0.25, 0.3) is 0 Å². The second-order valence-corrected chi connectivity index (χ2v) is 7.96. The number of benzene rings is 3. The van der Waals surface area contributed by atoms with E-state index in [1.54, 1.807) is 12.1 Å². The molecular weight excluding hydrogens is 480 g/mol. The summed E-state index contributed by atoms with van der Waals surface area (Å²) in [7, 11) is 0. The number of hydrazone groups is 1. The molecule has 3 aromatic rings. The van der Waals surface area contributed by atoms with E-state index in [2.05, 4.69) is 26.5 Å². The van der Waals surface area contributed by atoms with Crippen molar-refractivity contribution in [2.24, 2.45) is 5.10 Å². The number of rotatable bonds is 9. The van der Waals surface area contributed by atoms with E-state index >= 15 is 0 Å². The summed E-state index contributed by atoms with van der Waals surface area (Å²) < 4.78 is 12.6. The fraction of sp³-hybridized carbons (Fsp3) is 0.167. The lowest BCUT2D eigenvalue weighted by Gasteiger charge is -2.14. The topological polar surface area (TPSA) is 59.9 Å². The number of carbonyl (C=O) groups is 1. The lowest BCUT2D eigenvalue weighted by molar-refractivity contribution is -0.120. The summed E-state index contributed by atoms with van der Waals surface area (Å²) in [6.07, 6.45) is 1.76. The van der Waals surface area contributed by atoms with Gasteiger partial charge in [-0.05, 0) is 47.9 Å². The maximum absolute atomic E-state index is 12.1. The second-order valence-electron chi connectivity index (χ2n) is 6.63. The third kappa shape index (κ3) is 7.12. The van der Waals surface area contributed by atoms with Crippen LogP contribution in [0.2, 0.25) is 5.02 Å².